The van der Waals surface area contributed by atoms with E-state index in [1.807, 2.05) is 11.8 Å². The molecule has 1 aliphatic heterocycles. The topological polar surface area (TPSA) is 58.8 Å². The van der Waals surface area contributed by atoms with Crippen molar-refractivity contribution in [1.82, 2.24) is 9.80 Å². The van der Waals surface area contributed by atoms with Crippen LogP contribution in [0.3, 0.4) is 0 Å². The van der Waals surface area contributed by atoms with Crippen LogP contribution in [0.2, 0.25) is 0 Å². The lowest BCUT2D eigenvalue weighted by Crippen LogP contribution is -2.50. The van der Waals surface area contributed by atoms with Crippen LogP contribution in [0.4, 0.5) is 0 Å². The molecule has 18 heavy (non-hydrogen) atoms. The number of methoxy groups -OCH3 is 1. The maximum atomic E-state index is 12.4. The summed E-state index contributed by atoms with van der Waals surface area (Å²) < 4.78 is 5.09. The summed E-state index contributed by atoms with van der Waals surface area (Å²) in [6.45, 7) is 6.49. The molecule has 0 saturated carbocycles. The lowest BCUT2D eigenvalue weighted by Gasteiger charge is -2.34. The van der Waals surface area contributed by atoms with E-state index in [2.05, 4.69) is 4.90 Å². The van der Waals surface area contributed by atoms with Crippen molar-refractivity contribution >= 4 is 5.91 Å². The van der Waals surface area contributed by atoms with Gasteiger partial charge in [0.05, 0.1) is 12.6 Å². The van der Waals surface area contributed by atoms with E-state index < -0.39 is 0 Å². The number of carbonyl (C=O) groups excluding carboxylic acids is 1. The minimum absolute atomic E-state index is 0.0956. The third-order valence-electron chi connectivity index (χ3n) is 3.57. The molecule has 1 rings (SSSR count). The summed E-state index contributed by atoms with van der Waals surface area (Å²) in [4.78, 5) is 16.5. The summed E-state index contributed by atoms with van der Waals surface area (Å²) in [6.07, 6.45) is 3.51. The molecule has 5 nitrogen and oxygen atoms in total. The molecule has 0 bridgehead atoms. The Balaban J connectivity index is 2.50. The van der Waals surface area contributed by atoms with Gasteiger partial charge in [0.1, 0.15) is 0 Å². The number of hydrogen-bond acceptors (Lipinski definition) is 4. The maximum absolute atomic E-state index is 12.4. The zero-order valence-electron chi connectivity index (χ0n) is 11.7. The molecule has 2 N–H and O–H groups in total. The first kappa shape index (κ1) is 15.4. The monoisotopic (exact) mass is 257 g/mol. The van der Waals surface area contributed by atoms with Gasteiger partial charge in [-0.05, 0) is 26.2 Å². The molecular weight excluding hydrogens is 230 g/mol. The number of ether oxygens (including phenoxy) is 1. The number of likely N-dealkylation sites (tertiary alicyclic amines) is 1. The molecule has 0 spiro atoms. The van der Waals surface area contributed by atoms with Gasteiger partial charge in [-0.1, -0.05) is 0 Å². The van der Waals surface area contributed by atoms with Crippen molar-refractivity contribution < 1.29 is 9.53 Å². The smallest absolute Gasteiger partial charge is 0.239 e. The van der Waals surface area contributed by atoms with Crippen molar-refractivity contribution in [2.24, 2.45) is 5.73 Å². The first-order valence-electron chi connectivity index (χ1n) is 6.92. The molecule has 1 fully saturated rings. The number of nitrogens with two attached hydrogens (primary N) is 1. The van der Waals surface area contributed by atoms with Gasteiger partial charge in [-0.2, -0.15) is 0 Å². The fraction of sp³-hybridized carbons (Fsp3) is 0.923. The molecule has 0 radical (unpaired) electrons. The number of nitrogens with zero attached hydrogens (tertiary/aromatic N) is 2. The third-order valence-corrected chi connectivity index (χ3v) is 3.57. The van der Waals surface area contributed by atoms with Gasteiger partial charge >= 0.3 is 0 Å². The molecule has 1 amide bonds. The van der Waals surface area contributed by atoms with Crippen LogP contribution >= 0.6 is 0 Å². The number of rotatable bonds is 7. The number of hydrogen-bond donors (Lipinski definition) is 1. The van der Waals surface area contributed by atoms with Gasteiger partial charge in [-0.25, -0.2) is 0 Å². The molecule has 5 heteroatoms. The fourth-order valence-electron chi connectivity index (χ4n) is 2.41. The maximum Gasteiger partial charge on any atom is 0.239 e. The van der Waals surface area contributed by atoms with E-state index in [0.717, 1.165) is 39.0 Å². The van der Waals surface area contributed by atoms with Crippen molar-refractivity contribution in [2.75, 3.05) is 46.4 Å². The van der Waals surface area contributed by atoms with Gasteiger partial charge < -0.3 is 15.4 Å². The van der Waals surface area contributed by atoms with Gasteiger partial charge in [0.2, 0.25) is 5.91 Å². The fourth-order valence-corrected chi connectivity index (χ4v) is 2.41. The summed E-state index contributed by atoms with van der Waals surface area (Å²) in [6, 6.07) is -0.0956. The minimum atomic E-state index is -0.0956. The SMILES string of the molecule is COCCN(CCN)C(C)C(=O)N1CCCCC1. The Kier molecular flexibility index (Phi) is 7.23. The lowest BCUT2D eigenvalue weighted by molar-refractivity contribution is -0.137. The Morgan fingerprint density at radius 3 is 2.56 bits per heavy atom. The second kappa shape index (κ2) is 8.45. The number of piperidine rings is 1. The second-order valence-electron chi connectivity index (χ2n) is 4.88. The normalized spacial score (nSPS) is 18.1. The molecule has 106 valence electrons. The largest absolute Gasteiger partial charge is 0.383 e. The molecule has 1 aliphatic rings. The molecule has 1 saturated heterocycles. The summed E-state index contributed by atoms with van der Waals surface area (Å²) in [5.74, 6) is 0.235. The highest BCUT2D eigenvalue weighted by Crippen LogP contribution is 2.12. The Morgan fingerprint density at radius 2 is 2.00 bits per heavy atom. The summed E-state index contributed by atoms with van der Waals surface area (Å²) in [5.41, 5.74) is 5.61. The Labute approximate surface area is 110 Å². The number of amides is 1. The molecule has 1 atom stereocenters. The molecule has 1 unspecified atom stereocenters. The molecule has 1 heterocycles. The van der Waals surface area contributed by atoms with Gasteiger partial charge in [0, 0.05) is 39.8 Å². The predicted octanol–water partition coefficient (Wildman–Crippen LogP) is 0.295. The average molecular weight is 257 g/mol. The van der Waals surface area contributed by atoms with Crippen molar-refractivity contribution in [3.05, 3.63) is 0 Å². The van der Waals surface area contributed by atoms with Crippen LogP contribution in [0, 0.1) is 0 Å². The van der Waals surface area contributed by atoms with Crippen LogP contribution in [0.5, 0.6) is 0 Å². The van der Waals surface area contributed by atoms with E-state index in [-0.39, 0.29) is 11.9 Å². The van der Waals surface area contributed by atoms with E-state index in [4.69, 9.17) is 10.5 Å². The molecule has 0 aromatic carbocycles. The van der Waals surface area contributed by atoms with Crippen LogP contribution in [-0.2, 0) is 9.53 Å². The highest BCUT2D eigenvalue weighted by Gasteiger charge is 2.26. The van der Waals surface area contributed by atoms with E-state index in [1.165, 1.54) is 6.42 Å². The highest BCUT2D eigenvalue weighted by molar-refractivity contribution is 5.81. The van der Waals surface area contributed by atoms with Crippen LogP contribution in [-0.4, -0.2) is 68.2 Å². The second-order valence-corrected chi connectivity index (χ2v) is 4.88. The van der Waals surface area contributed by atoms with Crippen molar-refractivity contribution in [2.45, 2.75) is 32.2 Å². The third kappa shape index (κ3) is 4.55. The van der Waals surface area contributed by atoms with Crippen LogP contribution in [0.15, 0.2) is 0 Å². The van der Waals surface area contributed by atoms with Gasteiger partial charge in [-0.15, -0.1) is 0 Å². The molecular formula is C13H27N3O2. The van der Waals surface area contributed by atoms with Gasteiger partial charge in [0.25, 0.3) is 0 Å². The Hall–Kier alpha value is -0.650. The van der Waals surface area contributed by atoms with E-state index in [0.29, 0.717) is 13.2 Å². The minimum Gasteiger partial charge on any atom is -0.383 e. The zero-order chi connectivity index (χ0) is 13.4. The summed E-state index contributed by atoms with van der Waals surface area (Å²) >= 11 is 0. The molecule has 0 aliphatic carbocycles. The first-order chi connectivity index (χ1) is 8.70. The van der Waals surface area contributed by atoms with Crippen molar-refractivity contribution in [1.29, 1.82) is 0 Å². The van der Waals surface area contributed by atoms with Gasteiger partial charge in [-0.3, -0.25) is 9.69 Å². The van der Waals surface area contributed by atoms with Crippen LogP contribution in [0.25, 0.3) is 0 Å². The van der Waals surface area contributed by atoms with Gasteiger partial charge in [0.15, 0.2) is 0 Å². The van der Waals surface area contributed by atoms with Crippen molar-refractivity contribution in [3.63, 3.8) is 0 Å². The zero-order valence-corrected chi connectivity index (χ0v) is 11.7. The van der Waals surface area contributed by atoms with Crippen molar-refractivity contribution in [3.8, 4) is 0 Å². The highest BCUT2D eigenvalue weighted by atomic mass is 16.5. The Morgan fingerprint density at radius 1 is 1.33 bits per heavy atom. The quantitative estimate of drug-likeness (QED) is 0.712. The average Bonchev–Trinajstić information content (AvgIpc) is 2.43. The lowest BCUT2D eigenvalue weighted by atomic mass is 10.1. The van der Waals surface area contributed by atoms with Crippen LogP contribution < -0.4 is 5.73 Å². The summed E-state index contributed by atoms with van der Waals surface area (Å²) in [7, 11) is 1.68. The standard InChI is InChI=1S/C13H27N3O2/c1-12(15(9-6-14)10-11-18-2)13(17)16-7-4-3-5-8-16/h12H,3-11,14H2,1-2H3. The molecule has 0 aromatic rings. The Bertz CT molecular complexity index is 242. The van der Waals surface area contributed by atoms with E-state index in [1.54, 1.807) is 7.11 Å². The predicted molar refractivity (Wildman–Crippen MR) is 72.4 cm³/mol. The van der Waals surface area contributed by atoms with E-state index >= 15 is 0 Å². The first-order valence-corrected chi connectivity index (χ1v) is 6.92. The van der Waals surface area contributed by atoms with Crippen LogP contribution in [0.1, 0.15) is 26.2 Å². The number of carbonyl (C=O) groups is 1. The summed E-state index contributed by atoms with van der Waals surface area (Å²) in [5, 5.41) is 0. The van der Waals surface area contributed by atoms with E-state index in [9.17, 15) is 4.79 Å². The molecule has 0 aromatic heterocycles.